The van der Waals surface area contributed by atoms with Crippen LogP contribution in [0, 0.1) is 0 Å². The molecule has 0 bridgehead atoms. The maximum Gasteiger partial charge on any atom is 0.411 e. The lowest BCUT2D eigenvalue weighted by atomic mass is 10.0. The highest BCUT2D eigenvalue weighted by atomic mass is 32.1. The van der Waals surface area contributed by atoms with Gasteiger partial charge in [0.25, 0.3) is 0 Å². The number of thiazole rings is 1. The van der Waals surface area contributed by atoms with Crippen LogP contribution in [0.15, 0.2) is 36.5 Å². The van der Waals surface area contributed by atoms with Gasteiger partial charge in [-0.25, -0.2) is 19.7 Å². The van der Waals surface area contributed by atoms with Crippen molar-refractivity contribution in [3.63, 3.8) is 0 Å². The molecular formula is C23H29N5O3S. The summed E-state index contributed by atoms with van der Waals surface area (Å²) in [6.45, 7) is 7.04. The van der Waals surface area contributed by atoms with Crippen LogP contribution in [-0.2, 0) is 15.9 Å². The maximum atomic E-state index is 11.7. The smallest absolute Gasteiger partial charge is 0.411 e. The van der Waals surface area contributed by atoms with Gasteiger partial charge in [-0.05, 0) is 49.1 Å². The normalized spacial score (nSPS) is 11.8. The molecule has 3 aromatic rings. The van der Waals surface area contributed by atoms with E-state index in [2.05, 4.69) is 36.4 Å². The Hall–Kier alpha value is -3.04. The zero-order chi connectivity index (χ0) is 22.9. The lowest BCUT2D eigenvalue weighted by molar-refractivity contribution is 0.107. The van der Waals surface area contributed by atoms with E-state index >= 15 is 0 Å². The van der Waals surface area contributed by atoms with Crippen LogP contribution < -0.4 is 10.6 Å². The highest BCUT2D eigenvalue weighted by molar-refractivity contribution is 7.15. The molecule has 32 heavy (non-hydrogen) atoms. The Bertz CT molecular complexity index is 1020. The first-order valence-electron chi connectivity index (χ1n) is 10.7. The quantitative estimate of drug-likeness (QED) is 0.383. The molecule has 3 rings (SSSR count). The van der Waals surface area contributed by atoms with Gasteiger partial charge in [0.15, 0.2) is 0 Å². The van der Waals surface area contributed by atoms with Crippen LogP contribution in [0.3, 0.4) is 0 Å². The Morgan fingerprint density at radius 2 is 1.84 bits per heavy atom. The average molecular weight is 456 g/mol. The van der Waals surface area contributed by atoms with Crippen LogP contribution in [-0.4, -0.2) is 41.4 Å². The molecule has 0 spiro atoms. The number of amides is 1. The fourth-order valence-electron chi connectivity index (χ4n) is 2.92. The molecule has 1 aromatic carbocycles. The van der Waals surface area contributed by atoms with Gasteiger partial charge in [0.1, 0.15) is 6.61 Å². The maximum absolute atomic E-state index is 11.7. The highest BCUT2D eigenvalue weighted by Gasteiger charge is 2.18. The fourth-order valence-corrected chi connectivity index (χ4v) is 4.02. The van der Waals surface area contributed by atoms with Gasteiger partial charge in [0, 0.05) is 24.7 Å². The number of carbonyl (C=O) groups excluding carboxylic acids is 1. The van der Waals surface area contributed by atoms with Crippen LogP contribution in [0.1, 0.15) is 43.8 Å². The number of aromatic nitrogens is 3. The van der Waals surface area contributed by atoms with Gasteiger partial charge in [-0.15, -0.1) is 11.3 Å². The Morgan fingerprint density at radius 3 is 2.53 bits per heavy atom. The molecule has 0 fully saturated rings. The zero-order valence-electron chi connectivity index (χ0n) is 18.8. The van der Waals surface area contributed by atoms with E-state index in [1.807, 2.05) is 18.2 Å². The predicted molar refractivity (Wildman–Crippen MR) is 128 cm³/mol. The van der Waals surface area contributed by atoms with E-state index in [1.165, 1.54) is 0 Å². The summed E-state index contributed by atoms with van der Waals surface area (Å²) in [6, 6.07) is 9.16. The van der Waals surface area contributed by atoms with Gasteiger partial charge < -0.3 is 14.8 Å². The molecule has 8 nitrogen and oxygen atoms in total. The molecule has 1 atom stereocenters. The third kappa shape index (κ3) is 6.24. The van der Waals surface area contributed by atoms with Gasteiger partial charge >= 0.3 is 6.09 Å². The monoisotopic (exact) mass is 455 g/mol. The van der Waals surface area contributed by atoms with Gasteiger partial charge in [0.05, 0.1) is 27.9 Å². The third-order valence-corrected chi connectivity index (χ3v) is 6.11. The van der Waals surface area contributed by atoms with Crippen molar-refractivity contribution >= 4 is 34.8 Å². The zero-order valence-corrected chi connectivity index (χ0v) is 19.7. The van der Waals surface area contributed by atoms with Crippen molar-refractivity contribution in [3.05, 3.63) is 47.2 Å². The van der Waals surface area contributed by atoms with Crippen LogP contribution in [0.25, 0.3) is 10.6 Å². The summed E-state index contributed by atoms with van der Waals surface area (Å²) in [5.74, 6) is 0.873. The molecule has 0 saturated heterocycles. The Balaban J connectivity index is 1.70. The number of methoxy groups -OCH3 is 1. The Morgan fingerprint density at radius 1 is 1.09 bits per heavy atom. The number of anilines is 3. The lowest BCUT2D eigenvalue weighted by Gasteiger charge is -2.10. The largest absolute Gasteiger partial charge is 0.447 e. The average Bonchev–Trinajstić information content (AvgIpc) is 3.25. The fraction of sp³-hybridized carbons (Fsp3) is 0.391. The number of aryl methyl sites for hydroxylation is 1. The first-order chi connectivity index (χ1) is 15.5. The molecular weight excluding hydrogens is 426 g/mol. The number of ether oxygens (including phenoxy) is 2. The Labute approximate surface area is 192 Å². The first kappa shape index (κ1) is 23.6. The molecule has 2 heterocycles. The van der Waals surface area contributed by atoms with Gasteiger partial charge in [0.2, 0.25) is 5.95 Å². The van der Waals surface area contributed by atoms with E-state index in [-0.39, 0.29) is 6.61 Å². The number of hydrogen-bond acceptors (Lipinski definition) is 8. The summed E-state index contributed by atoms with van der Waals surface area (Å²) in [7, 11) is 1.55. The van der Waals surface area contributed by atoms with E-state index in [4.69, 9.17) is 19.4 Å². The van der Waals surface area contributed by atoms with E-state index in [0.29, 0.717) is 24.2 Å². The van der Waals surface area contributed by atoms with Crippen molar-refractivity contribution in [3.8, 4) is 10.6 Å². The molecule has 1 amide bonds. The molecule has 2 aromatic heterocycles. The molecule has 0 radical (unpaired) electrons. The summed E-state index contributed by atoms with van der Waals surface area (Å²) in [6.07, 6.45) is 3.16. The number of rotatable bonds is 10. The number of hydrogen-bond donors (Lipinski definition) is 2. The highest BCUT2D eigenvalue weighted by Crippen LogP contribution is 2.35. The summed E-state index contributed by atoms with van der Waals surface area (Å²) >= 11 is 1.70. The van der Waals surface area contributed by atoms with Crippen molar-refractivity contribution in [2.75, 3.05) is 31.0 Å². The second-order valence-electron chi connectivity index (χ2n) is 7.21. The van der Waals surface area contributed by atoms with Gasteiger partial charge in [-0.3, -0.25) is 5.32 Å². The predicted octanol–water partition coefficient (Wildman–Crippen LogP) is 5.61. The topological polar surface area (TPSA) is 98.3 Å². The summed E-state index contributed by atoms with van der Waals surface area (Å²) in [5, 5.41) is 7.01. The number of benzene rings is 1. The van der Waals surface area contributed by atoms with Gasteiger partial charge in [-0.1, -0.05) is 20.8 Å². The lowest BCUT2D eigenvalue weighted by Crippen LogP contribution is -2.16. The van der Waals surface area contributed by atoms with Crippen LogP contribution in [0.4, 0.5) is 22.1 Å². The van der Waals surface area contributed by atoms with Crippen molar-refractivity contribution in [2.24, 2.45) is 0 Å². The molecule has 9 heteroatoms. The molecule has 0 saturated carbocycles. The second kappa shape index (κ2) is 11.5. The third-order valence-electron chi connectivity index (χ3n) is 4.88. The van der Waals surface area contributed by atoms with Crippen molar-refractivity contribution < 1.29 is 14.3 Å². The van der Waals surface area contributed by atoms with Crippen LogP contribution in [0.2, 0.25) is 0 Å². The first-order valence-corrected chi connectivity index (χ1v) is 11.5. The molecule has 2 N–H and O–H groups in total. The van der Waals surface area contributed by atoms with Crippen molar-refractivity contribution in [1.29, 1.82) is 0 Å². The minimum absolute atomic E-state index is 0.202. The Kier molecular flexibility index (Phi) is 8.52. The van der Waals surface area contributed by atoms with E-state index in [0.717, 1.165) is 39.8 Å². The van der Waals surface area contributed by atoms with E-state index in [9.17, 15) is 4.79 Å². The van der Waals surface area contributed by atoms with E-state index in [1.54, 1.807) is 36.8 Å². The van der Waals surface area contributed by atoms with Crippen molar-refractivity contribution in [2.45, 2.75) is 39.5 Å². The van der Waals surface area contributed by atoms with Crippen LogP contribution >= 0.6 is 11.3 Å². The van der Waals surface area contributed by atoms with Gasteiger partial charge in [-0.2, -0.15) is 0 Å². The summed E-state index contributed by atoms with van der Waals surface area (Å²) in [5.41, 5.74) is 3.41. The van der Waals surface area contributed by atoms with Crippen molar-refractivity contribution in [1.82, 2.24) is 15.0 Å². The summed E-state index contributed by atoms with van der Waals surface area (Å²) < 4.78 is 9.85. The number of carbonyl (C=O) groups is 1. The molecule has 1 unspecified atom stereocenters. The second-order valence-corrected chi connectivity index (χ2v) is 8.29. The number of nitrogens with zero attached hydrogens (tertiary/aromatic N) is 3. The molecule has 0 aliphatic heterocycles. The van der Waals surface area contributed by atoms with E-state index < -0.39 is 6.09 Å². The standard InChI is InChI=1S/C23H29N5O3S/c1-5-15(3)20-21(32-19(6-2)28-20)18-11-12-24-22(27-18)25-16-7-9-17(10-8-16)26-23(29)31-14-13-30-4/h7-12,15H,5-6,13-14H2,1-4H3,(H,26,29)(H,24,25,27). The minimum Gasteiger partial charge on any atom is -0.447 e. The summed E-state index contributed by atoms with van der Waals surface area (Å²) in [4.78, 5) is 26.7. The molecule has 170 valence electrons. The molecule has 0 aliphatic rings. The number of nitrogens with one attached hydrogen (secondary N) is 2. The molecule has 0 aliphatic carbocycles. The minimum atomic E-state index is -0.521. The van der Waals surface area contributed by atoms with Crippen LogP contribution in [0.5, 0.6) is 0 Å². The SMILES string of the molecule is CCc1nc(C(C)CC)c(-c2ccnc(Nc3ccc(NC(=O)OCCOC)cc3)n2)s1.